The van der Waals surface area contributed by atoms with Crippen LogP contribution in [-0.4, -0.2) is 5.91 Å². The van der Waals surface area contributed by atoms with Crippen molar-refractivity contribution in [3.8, 4) is 5.75 Å². The quantitative estimate of drug-likeness (QED) is 0.577. The molecule has 0 aliphatic carbocycles. The van der Waals surface area contributed by atoms with Crippen LogP contribution < -0.4 is 10.1 Å². The molecule has 0 aliphatic rings. The fourth-order valence-corrected chi connectivity index (χ4v) is 2.50. The van der Waals surface area contributed by atoms with Gasteiger partial charge in [0.15, 0.2) is 0 Å². The molecule has 3 nitrogen and oxygen atoms in total. The Morgan fingerprint density at radius 2 is 1.46 bits per heavy atom. The van der Waals surface area contributed by atoms with Crippen LogP contribution in [0, 0.1) is 5.82 Å². The van der Waals surface area contributed by atoms with E-state index in [9.17, 15) is 22.4 Å². The maximum absolute atomic E-state index is 13.0. The van der Waals surface area contributed by atoms with Crippen LogP contribution in [-0.2, 0) is 11.0 Å². The van der Waals surface area contributed by atoms with E-state index in [4.69, 9.17) is 4.74 Å². The third-order valence-electron chi connectivity index (χ3n) is 3.89. The summed E-state index contributed by atoms with van der Waals surface area (Å²) < 4.78 is 56.8. The van der Waals surface area contributed by atoms with Gasteiger partial charge >= 0.3 is 6.18 Å². The van der Waals surface area contributed by atoms with Gasteiger partial charge in [0.1, 0.15) is 11.6 Å². The molecule has 1 amide bonds. The Morgan fingerprint density at radius 1 is 0.857 bits per heavy atom. The van der Waals surface area contributed by atoms with Crippen molar-refractivity contribution < 1.29 is 27.1 Å². The van der Waals surface area contributed by atoms with Gasteiger partial charge in [0.25, 0.3) is 5.91 Å². The summed E-state index contributed by atoms with van der Waals surface area (Å²) in [4.78, 5) is 12.7. The van der Waals surface area contributed by atoms with Gasteiger partial charge in [-0.1, -0.05) is 30.3 Å². The number of rotatable bonds is 5. The zero-order valence-electron chi connectivity index (χ0n) is 14.4. The van der Waals surface area contributed by atoms with Gasteiger partial charge in [0.05, 0.1) is 5.56 Å². The van der Waals surface area contributed by atoms with Crippen LogP contribution in [0.15, 0.2) is 78.9 Å². The fraction of sp³-hybridized carbons (Fsp3) is 0.0952. The highest BCUT2D eigenvalue weighted by Gasteiger charge is 2.30. The number of anilines is 1. The minimum absolute atomic E-state index is 0.108. The summed E-state index contributed by atoms with van der Waals surface area (Å²) in [6, 6.07) is 17.8. The highest BCUT2D eigenvalue weighted by atomic mass is 19.4. The second-order valence-electron chi connectivity index (χ2n) is 5.93. The number of halogens is 4. The fourth-order valence-electron chi connectivity index (χ4n) is 2.50. The van der Waals surface area contributed by atoms with Gasteiger partial charge in [-0.2, -0.15) is 13.2 Å². The molecule has 7 heteroatoms. The lowest BCUT2D eigenvalue weighted by molar-refractivity contribution is -0.137. The smallest absolute Gasteiger partial charge is 0.416 e. The lowest BCUT2D eigenvalue weighted by Crippen LogP contribution is -2.25. The van der Waals surface area contributed by atoms with Crippen LogP contribution in [0.1, 0.15) is 17.2 Å². The number of alkyl halides is 3. The van der Waals surface area contributed by atoms with Crippen LogP contribution in [0.3, 0.4) is 0 Å². The number of hydrogen-bond acceptors (Lipinski definition) is 2. The predicted molar refractivity (Wildman–Crippen MR) is 96.3 cm³/mol. The Balaban J connectivity index is 1.83. The first-order valence-corrected chi connectivity index (χ1v) is 8.28. The third-order valence-corrected chi connectivity index (χ3v) is 3.89. The normalized spacial score (nSPS) is 12.3. The first-order chi connectivity index (χ1) is 13.3. The number of amides is 1. The standard InChI is InChI=1S/C21H15F4NO2/c22-16-8-10-17(11-9-16)26-20(27)19(14-4-2-1-3-5-14)28-18-12-6-15(7-13-18)21(23,24)25/h1-13,19H,(H,26,27)/t19-/m0/s1. The zero-order valence-corrected chi connectivity index (χ0v) is 14.4. The van der Waals surface area contributed by atoms with Crippen LogP contribution in [0.4, 0.5) is 23.2 Å². The van der Waals surface area contributed by atoms with Gasteiger partial charge in [-0.05, 0) is 48.5 Å². The molecule has 144 valence electrons. The second-order valence-corrected chi connectivity index (χ2v) is 5.93. The van der Waals surface area contributed by atoms with Gasteiger partial charge in [-0.3, -0.25) is 4.79 Å². The molecule has 0 spiro atoms. The summed E-state index contributed by atoms with van der Waals surface area (Å²) in [5, 5.41) is 2.61. The predicted octanol–water partition coefficient (Wildman–Crippen LogP) is 5.60. The Hall–Kier alpha value is -3.35. The van der Waals surface area contributed by atoms with E-state index in [1.54, 1.807) is 30.3 Å². The topological polar surface area (TPSA) is 38.3 Å². The Labute approximate surface area is 158 Å². The molecule has 0 radical (unpaired) electrons. The van der Waals surface area contributed by atoms with E-state index in [1.807, 2.05) is 0 Å². The van der Waals surface area contributed by atoms with Crippen LogP contribution in [0.2, 0.25) is 0 Å². The summed E-state index contributed by atoms with van der Waals surface area (Å²) in [7, 11) is 0. The van der Waals surface area contributed by atoms with Crippen molar-refractivity contribution in [1.29, 1.82) is 0 Å². The van der Waals surface area contributed by atoms with Gasteiger partial charge in [-0.15, -0.1) is 0 Å². The lowest BCUT2D eigenvalue weighted by Gasteiger charge is -2.19. The average molecular weight is 389 g/mol. The van der Waals surface area contributed by atoms with Crippen LogP contribution in [0.5, 0.6) is 5.75 Å². The van der Waals surface area contributed by atoms with Crippen molar-refractivity contribution in [2.75, 3.05) is 5.32 Å². The molecule has 0 fully saturated rings. The molecule has 0 unspecified atom stereocenters. The first-order valence-electron chi connectivity index (χ1n) is 8.28. The number of hydrogen-bond donors (Lipinski definition) is 1. The summed E-state index contributed by atoms with van der Waals surface area (Å²) in [6.07, 6.45) is -5.57. The number of ether oxygens (including phenoxy) is 1. The van der Waals surface area contributed by atoms with Gasteiger partial charge < -0.3 is 10.1 Å². The lowest BCUT2D eigenvalue weighted by atomic mass is 10.1. The third kappa shape index (κ3) is 4.88. The second kappa shape index (κ2) is 8.12. The first kappa shape index (κ1) is 19.4. The van der Waals surface area contributed by atoms with E-state index >= 15 is 0 Å². The van der Waals surface area contributed by atoms with E-state index < -0.39 is 29.6 Å². The molecule has 0 aromatic heterocycles. The van der Waals surface area contributed by atoms with Crippen LogP contribution in [0.25, 0.3) is 0 Å². The molecular weight excluding hydrogens is 374 g/mol. The molecule has 3 aromatic rings. The summed E-state index contributed by atoms with van der Waals surface area (Å²) in [5.74, 6) is -0.882. The highest BCUT2D eigenvalue weighted by Crippen LogP contribution is 2.31. The van der Waals surface area contributed by atoms with Crippen LogP contribution >= 0.6 is 0 Å². The monoisotopic (exact) mass is 389 g/mol. The SMILES string of the molecule is O=C(Nc1ccc(F)cc1)[C@@H](Oc1ccc(C(F)(F)F)cc1)c1ccccc1. The highest BCUT2D eigenvalue weighted by molar-refractivity contribution is 5.95. The molecule has 3 aromatic carbocycles. The van der Waals surface area contributed by atoms with Gasteiger partial charge in [0.2, 0.25) is 6.10 Å². The maximum atomic E-state index is 13.0. The van der Waals surface area contributed by atoms with Crippen molar-refractivity contribution in [3.05, 3.63) is 95.8 Å². The van der Waals surface area contributed by atoms with Crippen molar-refractivity contribution in [2.45, 2.75) is 12.3 Å². The largest absolute Gasteiger partial charge is 0.476 e. The minimum atomic E-state index is -4.46. The summed E-state index contributed by atoms with van der Waals surface area (Å²) >= 11 is 0. The molecule has 0 saturated heterocycles. The van der Waals surface area contributed by atoms with E-state index in [1.165, 1.54) is 24.3 Å². The van der Waals surface area contributed by atoms with Gasteiger partial charge in [0, 0.05) is 11.3 Å². The molecule has 28 heavy (non-hydrogen) atoms. The maximum Gasteiger partial charge on any atom is 0.416 e. The molecule has 0 bridgehead atoms. The molecule has 1 atom stereocenters. The number of carbonyl (C=O) groups excluding carboxylic acids is 1. The zero-order chi connectivity index (χ0) is 20.1. The molecule has 3 rings (SSSR count). The van der Waals surface area contributed by atoms with E-state index in [-0.39, 0.29) is 5.75 Å². The molecule has 0 heterocycles. The van der Waals surface area contributed by atoms with E-state index in [0.717, 1.165) is 24.3 Å². The van der Waals surface area contributed by atoms with E-state index in [2.05, 4.69) is 5.32 Å². The van der Waals surface area contributed by atoms with Gasteiger partial charge in [-0.25, -0.2) is 4.39 Å². The average Bonchev–Trinajstić information content (AvgIpc) is 2.68. The number of benzene rings is 3. The minimum Gasteiger partial charge on any atom is -0.476 e. The van der Waals surface area contributed by atoms with Crippen molar-refractivity contribution in [3.63, 3.8) is 0 Å². The summed E-state index contributed by atoms with van der Waals surface area (Å²) in [6.45, 7) is 0. The van der Waals surface area contributed by atoms with Crippen molar-refractivity contribution in [1.82, 2.24) is 0 Å². The number of carbonyl (C=O) groups is 1. The Bertz CT molecular complexity index is 923. The van der Waals surface area contributed by atoms with Crippen molar-refractivity contribution >= 4 is 11.6 Å². The Morgan fingerprint density at radius 3 is 2.04 bits per heavy atom. The molecule has 0 aliphatic heterocycles. The molecule has 0 saturated carbocycles. The van der Waals surface area contributed by atoms with E-state index in [0.29, 0.717) is 11.3 Å². The molecular formula is C21H15F4NO2. The number of nitrogens with one attached hydrogen (secondary N) is 1. The molecule has 1 N–H and O–H groups in total. The van der Waals surface area contributed by atoms with Crippen molar-refractivity contribution in [2.24, 2.45) is 0 Å². The summed E-state index contributed by atoms with van der Waals surface area (Å²) in [5.41, 5.74) is 0.0669. The Kier molecular flexibility index (Phi) is 5.63.